The first-order valence-corrected chi connectivity index (χ1v) is 13.6. The summed E-state index contributed by atoms with van der Waals surface area (Å²) < 4.78 is 9.15. The second kappa shape index (κ2) is 10.9. The van der Waals surface area contributed by atoms with E-state index in [4.69, 9.17) is 4.74 Å². The van der Waals surface area contributed by atoms with Crippen LogP contribution in [0.5, 0.6) is 5.75 Å². The molecule has 41 heavy (non-hydrogen) atoms. The van der Waals surface area contributed by atoms with Crippen molar-refractivity contribution in [2.75, 3.05) is 17.7 Å². The van der Waals surface area contributed by atoms with Crippen LogP contribution in [0.15, 0.2) is 67.1 Å². The van der Waals surface area contributed by atoms with Crippen molar-refractivity contribution in [3.8, 4) is 23.0 Å². The molecule has 0 radical (unpaired) electrons. The second-order valence-corrected chi connectivity index (χ2v) is 10.4. The summed E-state index contributed by atoms with van der Waals surface area (Å²) in [5.41, 5.74) is 5.94. The van der Waals surface area contributed by atoms with Crippen molar-refractivity contribution in [2.24, 2.45) is 7.05 Å². The summed E-state index contributed by atoms with van der Waals surface area (Å²) in [5.74, 6) is 2.90. The van der Waals surface area contributed by atoms with E-state index < -0.39 is 0 Å². The van der Waals surface area contributed by atoms with E-state index in [0.717, 1.165) is 39.8 Å². The van der Waals surface area contributed by atoms with Crippen molar-refractivity contribution >= 4 is 17.4 Å². The number of nitrogens with zero attached hydrogens (tertiary/aromatic N) is 6. The molecule has 3 aromatic heterocycles. The Morgan fingerprint density at radius 2 is 1.88 bits per heavy atom. The average molecular weight is 549 g/mol. The molecule has 208 valence electrons. The molecule has 1 amide bonds. The Labute approximate surface area is 238 Å². The average Bonchev–Trinajstić information content (AvgIpc) is 3.63. The van der Waals surface area contributed by atoms with Crippen LogP contribution in [0, 0.1) is 13.8 Å². The number of methoxy groups -OCH3 is 1. The van der Waals surface area contributed by atoms with E-state index in [0.29, 0.717) is 35.4 Å². The number of amides is 1. The maximum absolute atomic E-state index is 13.8. The largest absolute Gasteiger partial charge is 0.497 e. The molecule has 0 aliphatic heterocycles. The quantitative estimate of drug-likeness (QED) is 0.253. The van der Waals surface area contributed by atoms with Gasteiger partial charge in [0.15, 0.2) is 5.82 Å². The van der Waals surface area contributed by atoms with Gasteiger partial charge < -0.3 is 24.5 Å². The van der Waals surface area contributed by atoms with E-state index in [2.05, 4.69) is 37.0 Å². The third-order valence-corrected chi connectivity index (χ3v) is 7.41. The fraction of sp³-hybridized carbons (Fsp3) is 0.258. The minimum absolute atomic E-state index is 0.273. The molecule has 0 unspecified atom stereocenters. The van der Waals surface area contributed by atoms with E-state index >= 15 is 0 Å². The summed E-state index contributed by atoms with van der Waals surface area (Å²) >= 11 is 0. The van der Waals surface area contributed by atoms with Gasteiger partial charge in [-0.15, -0.1) is 10.2 Å². The molecular weight excluding hydrogens is 516 g/mol. The normalized spacial score (nSPS) is 12.8. The summed E-state index contributed by atoms with van der Waals surface area (Å²) in [5, 5.41) is 14.8. The van der Waals surface area contributed by atoms with E-state index in [9.17, 15) is 4.79 Å². The molecule has 2 N–H and O–H groups in total. The third-order valence-electron chi connectivity index (χ3n) is 7.41. The number of ether oxygens (including phenoxy) is 1. The highest BCUT2D eigenvalue weighted by Crippen LogP contribution is 2.39. The first-order chi connectivity index (χ1) is 19.9. The van der Waals surface area contributed by atoms with E-state index in [1.54, 1.807) is 13.2 Å². The number of aryl methyl sites for hydroxylation is 2. The molecule has 10 nitrogen and oxygen atoms in total. The lowest BCUT2D eigenvalue weighted by atomic mass is 10.1. The maximum Gasteiger partial charge on any atom is 0.258 e. The van der Waals surface area contributed by atoms with Crippen molar-refractivity contribution in [3.63, 3.8) is 0 Å². The number of pyridine rings is 1. The molecule has 1 saturated carbocycles. The van der Waals surface area contributed by atoms with Crippen LogP contribution in [0.25, 0.3) is 17.2 Å². The third kappa shape index (κ3) is 5.54. The van der Waals surface area contributed by atoms with Crippen LogP contribution in [-0.4, -0.2) is 42.3 Å². The van der Waals surface area contributed by atoms with Gasteiger partial charge in [-0.05, 0) is 74.2 Å². The van der Waals surface area contributed by atoms with Crippen LogP contribution in [0.1, 0.15) is 51.8 Å². The molecule has 2 aromatic carbocycles. The standard InChI is InChI=1S/C31H32N8O2/c1-19-14-26(32-16-21-8-12-23(41-4)13-9-21)24(15-28(19)39-17-27(33-18-39)22-10-11-22)31(40)35-29-7-5-6-25(34-29)30-37-36-20(2)38(30)3/h5-9,12-15,17-18,22,32H,10-11,16H2,1-4H3,(H,34,35,40). The lowest BCUT2D eigenvalue weighted by Gasteiger charge is -2.17. The summed E-state index contributed by atoms with van der Waals surface area (Å²) in [6.45, 7) is 4.46. The van der Waals surface area contributed by atoms with Gasteiger partial charge in [0.25, 0.3) is 5.91 Å². The zero-order valence-corrected chi connectivity index (χ0v) is 23.5. The van der Waals surface area contributed by atoms with Gasteiger partial charge in [-0.3, -0.25) is 4.79 Å². The minimum Gasteiger partial charge on any atom is -0.497 e. The Kier molecular flexibility index (Phi) is 6.96. The monoisotopic (exact) mass is 548 g/mol. The first-order valence-electron chi connectivity index (χ1n) is 13.6. The fourth-order valence-electron chi connectivity index (χ4n) is 4.75. The number of carbonyl (C=O) groups is 1. The summed E-state index contributed by atoms with van der Waals surface area (Å²) in [6.07, 6.45) is 6.26. The summed E-state index contributed by atoms with van der Waals surface area (Å²) in [4.78, 5) is 23.1. The number of carbonyl (C=O) groups excluding carboxylic acids is 1. The van der Waals surface area contributed by atoms with Gasteiger partial charge in [-0.2, -0.15) is 0 Å². The molecule has 0 spiro atoms. The van der Waals surface area contributed by atoms with Gasteiger partial charge >= 0.3 is 0 Å². The van der Waals surface area contributed by atoms with Gasteiger partial charge in [0.1, 0.15) is 23.1 Å². The van der Waals surface area contributed by atoms with Crippen LogP contribution >= 0.6 is 0 Å². The second-order valence-electron chi connectivity index (χ2n) is 10.4. The van der Waals surface area contributed by atoms with E-state index in [1.165, 1.54) is 12.8 Å². The SMILES string of the molecule is COc1ccc(CNc2cc(C)c(-n3cnc(C4CC4)c3)cc2C(=O)Nc2cccc(-c3nnc(C)n3C)n2)cc1. The number of benzene rings is 2. The highest BCUT2D eigenvalue weighted by atomic mass is 16.5. The van der Waals surface area contributed by atoms with E-state index in [-0.39, 0.29) is 5.91 Å². The number of rotatable bonds is 9. The van der Waals surface area contributed by atoms with Crippen LogP contribution in [0.3, 0.4) is 0 Å². The molecule has 1 fully saturated rings. The topological polar surface area (TPSA) is 112 Å². The Morgan fingerprint density at radius 3 is 2.59 bits per heavy atom. The number of imidazole rings is 1. The van der Waals surface area contributed by atoms with Gasteiger partial charge in [-0.1, -0.05) is 18.2 Å². The zero-order valence-electron chi connectivity index (χ0n) is 23.5. The minimum atomic E-state index is -0.273. The number of anilines is 2. The zero-order chi connectivity index (χ0) is 28.5. The van der Waals surface area contributed by atoms with Crippen molar-refractivity contribution < 1.29 is 9.53 Å². The molecule has 1 aliphatic rings. The Hall–Kier alpha value is -4.99. The lowest BCUT2D eigenvalue weighted by molar-refractivity contribution is 0.102. The Bertz CT molecular complexity index is 1720. The first kappa shape index (κ1) is 26.2. The van der Waals surface area contributed by atoms with Crippen LogP contribution in [0.2, 0.25) is 0 Å². The number of hydrogen-bond donors (Lipinski definition) is 2. The highest BCUT2D eigenvalue weighted by Gasteiger charge is 2.26. The van der Waals surface area contributed by atoms with Gasteiger partial charge in [0, 0.05) is 31.4 Å². The van der Waals surface area contributed by atoms with E-state index in [1.807, 2.05) is 84.9 Å². The molecule has 3 heterocycles. The van der Waals surface area contributed by atoms with Gasteiger partial charge in [-0.25, -0.2) is 9.97 Å². The predicted molar refractivity (Wildman–Crippen MR) is 158 cm³/mol. The van der Waals surface area contributed by atoms with Crippen LogP contribution in [0.4, 0.5) is 11.5 Å². The molecule has 6 rings (SSSR count). The highest BCUT2D eigenvalue weighted by molar-refractivity contribution is 6.08. The number of aromatic nitrogens is 6. The van der Waals surface area contributed by atoms with Crippen molar-refractivity contribution in [2.45, 2.75) is 39.2 Å². The predicted octanol–water partition coefficient (Wildman–Crippen LogP) is 5.43. The molecule has 0 bridgehead atoms. The van der Waals surface area contributed by atoms with Crippen LogP contribution in [-0.2, 0) is 13.6 Å². The molecule has 1 aliphatic carbocycles. The lowest BCUT2D eigenvalue weighted by Crippen LogP contribution is -2.17. The van der Waals surface area contributed by atoms with Gasteiger partial charge in [0.2, 0.25) is 0 Å². The van der Waals surface area contributed by atoms with Crippen molar-refractivity contribution in [3.05, 3.63) is 95.3 Å². The van der Waals surface area contributed by atoms with Gasteiger partial charge in [0.05, 0.1) is 30.4 Å². The molecule has 0 atom stereocenters. The summed E-state index contributed by atoms with van der Waals surface area (Å²) in [7, 11) is 3.53. The maximum atomic E-state index is 13.8. The molecule has 0 saturated heterocycles. The smallest absolute Gasteiger partial charge is 0.258 e. The van der Waals surface area contributed by atoms with Crippen LogP contribution < -0.4 is 15.4 Å². The Balaban J connectivity index is 1.32. The Morgan fingerprint density at radius 1 is 1.07 bits per heavy atom. The van der Waals surface area contributed by atoms with Crippen molar-refractivity contribution in [1.29, 1.82) is 0 Å². The van der Waals surface area contributed by atoms with Crippen molar-refractivity contribution in [1.82, 2.24) is 29.3 Å². The number of nitrogens with one attached hydrogen (secondary N) is 2. The molecule has 5 aromatic rings. The summed E-state index contributed by atoms with van der Waals surface area (Å²) in [6, 6.07) is 17.2. The molecular formula is C31H32N8O2. The fourth-order valence-corrected chi connectivity index (χ4v) is 4.75. The number of hydrogen-bond acceptors (Lipinski definition) is 7. The molecule has 10 heteroatoms.